The second-order valence-electron chi connectivity index (χ2n) is 7.02. The first-order chi connectivity index (χ1) is 11.4. The first-order valence-electron chi connectivity index (χ1n) is 9.11. The van der Waals surface area contributed by atoms with Gasteiger partial charge in [-0.15, -0.1) is 0 Å². The Morgan fingerprint density at radius 2 is 1.54 bits per heavy atom. The van der Waals surface area contributed by atoms with Crippen LogP contribution in [0.5, 0.6) is 0 Å². The standard InChI is InChI=1S/C23H30O/c1-6-8-20-11-12-21(19(5)24)15-22(20)9-7-10-23-17(3)13-16(2)14-18(23)4/h11-15H,6-10H2,1-5H3. The fraction of sp³-hybridized carbons (Fsp3) is 0.435. The smallest absolute Gasteiger partial charge is 0.159 e. The molecule has 0 unspecified atom stereocenters. The average molecular weight is 322 g/mol. The molecular formula is C23H30O. The van der Waals surface area contributed by atoms with E-state index in [1.54, 1.807) is 6.92 Å². The van der Waals surface area contributed by atoms with Crippen molar-refractivity contribution in [2.24, 2.45) is 0 Å². The summed E-state index contributed by atoms with van der Waals surface area (Å²) >= 11 is 0. The molecule has 0 heterocycles. The van der Waals surface area contributed by atoms with E-state index in [-0.39, 0.29) is 5.78 Å². The van der Waals surface area contributed by atoms with Crippen LogP contribution in [0, 0.1) is 20.8 Å². The van der Waals surface area contributed by atoms with Crippen LogP contribution in [0.3, 0.4) is 0 Å². The number of carbonyl (C=O) groups is 1. The first-order valence-corrected chi connectivity index (χ1v) is 9.11. The molecule has 0 aliphatic heterocycles. The molecule has 1 heteroatoms. The fourth-order valence-corrected chi connectivity index (χ4v) is 3.65. The zero-order chi connectivity index (χ0) is 17.7. The summed E-state index contributed by atoms with van der Waals surface area (Å²) in [6.45, 7) is 10.5. The maximum Gasteiger partial charge on any atom is 0.159 e. The third kappa shape index (κ3) is 4.56. The topological polar surface area (TPSA) is 17.1 Å². The van der Waals surface area contributed by atoms with Crippen LogP contribution < -0.4 is 0 Å². The van der Waals surface area contributed by atoms with Crippen molar-refractivity contribution in [2.45, 2.75) is 66.7 Å². The van der Waals surface area contributed by atoms with Crippen molar-refractivity contribution in [3.8, 4) is 0 Å². The number of carbonyl (C=O) groups excluding carboxylic acids is 1. The summed E-state index contributed by atoms with van der Waals surface area (Å²) in [7, 11) is 0. The number of rotatable bonds is 7. The van der Waals surface area contributed by atoms with Gasteiger partial charge in [0.2, 0.25) is 0 Å². The van der Waals surface area contributed by atoms with Crippen molar-refractivity contribution in [2.75, 3.05) is 0 Å². The number of hydrogen-bond acceptors (Lipinski definition) is 1. The summed E-state index contributed by atoms with van der Waals surface area (Å²) in [5.74, 6) is 0.157. The molecule has 0 amide bonds. The number of benzene rings is 2. The zero-order valence-electron chi connectivity index (χ0n) is 15.8. The fourth-order valence-electron chi connectivity index (χ4n) is 3.65. The summed E-state index contributed by atoms with van der Waals surface area (Å²) in [4.78, 5) is 11.7. The number of aryl methyl sites for hydroxylation is 5. The van der Waals surface area contributed by atoms with Crippen LogP contribution in [0.1, 0.15) is 70.4 Å². The zero-order valence-corrected chi connectivity index (χ0v) is 15.8. The number of hydrogen-bond donors (Lipinski definition) is 0. The van der Waals surface area contributed by atoms with Crippen molar-refractivity contribution in [3.05, 3.63) is 69.3 Å². The van der Waals surface area contributed by atoms with Gasteiger partial charge in [-0.05, 0) is 87.3 Å². The Bertz CT molecular complexity index is 702. The lowest BCUT2D eigenvalue weighted by Crippen LogP contribution is -2.02. The van der Waals surface area contributed by atoms with Gasteiger partial charge in [-0.25, -0.2) is 0 Å². The Balaban J connectivity index is 2.14. The predicted octanol–water partition coefficient (Wildman–Crippen LogP) is 5.94. The van der Waals surface area contributed by atoms with Gasteiger partial charge in [0.25, 0.3) is 0 Å². The molecule has 0 aliphatic rings. The van der Waals surface area contributed by atoms with Gasteiger partial charge in [0.15, 0.2) is 5.78 Å². The lowest BCUT2D eigenvalue weighted by atomic mass is 9.92. The molecular weight excluding hydrogens is 292 g/mol. The normalized spacial score (nSPS) is 10.9. The van der Waals surface area contributed by atoms with Gasteiger partial charge in [-0.1, -0.05) is 43.2 Å². The number of ketones is 1. The molecule has 0 aliphatic carbocycles. The van der Waals surface area contributed by atoms with E-state index in [0.29, 0.717) is 0 Å². The molecule has 0 N–H and O–H groups in total. The quantitative estimate of drug-likeness (QED) is 0.576. The summed E-state index contributed by atoms with van der Waals surface area (Å²) in [5.41, 5.74) is 9.23. The van der Waals surface area contributed by atoms with E-state index >= 15 is 0 Å². The highest BCUT2D eigenvalue weighted by Crippen LogP contribution is 2.21. The minimum absolute atomic E-state index is 0.157. The van der Waals surface area contributed by atoms with Crippen LogP contribution in [0.4, 0.5) is 0 Å². The third-order valence-electron chi connectivity index (χ3n) is 4.85. The predicted molar refractivity (Wildman–Crippen MR) is 103 cm³/mol. The Morgan fingerprint density at radius 1 is 0.875 bits per heavy atom. The highest BCUT2D eigenvalue weighted by molar-refractivity contribution is 5.94. The molecule has 1 nitrogen and oxygen atoms in total. The van der Waals surface area contributed by atoms with Crippen LogP contribution in [-0.2, 0) is 19.3 Å². The monoisotopic (exact) mass is 322 g/mol. The third-order valence-corrected chi connectivity index (χ3v) is 4.85. The summed E-state index contributed by atoms with van der Waals surface area (Å²) in [5, 5.41) is 0. The second-order valence-corrected chi connectivity index (χ2v) is 7.02. The van der Waals surface area contributed by atoms with Crippen LogP contribution in [0.2, 0.25) is 0 Å². The Hall–Kier alpha value is -1.89. The molecule has 24 heavy (non-hydrogen) atoms. The molecule has 0 saturated carbocycles. The van der Waals surface area contributed by atoms with Crippen LogP contribution in [0.15, 0.2) is 30.3 Å². The van der Waals surface area contributed by atoms with E-state index in [0.717, 1.165) is 37.7 Å². The van der Waals surface area contributed by atoms with Gasteiger partial charge >= 0.3 is 0 Å². The van der Waals surface area contributed by atoms with Gasteiger partial charge in [0, 0.05) is 5.56 Å². The van der Waals surface area contributed by atoms with Gasteiger partial charge < -0.3 is 0 Å². The minimum Gasteiger partial charge on any atom is -0.295 e. The number of Topliss-reactive ketones (excluding diaryl/α,β-unsaturated/α-hetero) is 1. The van der Waals surface area contributed by atoms with E-state index in [9.17, 15) is 4.79 Å². The maximum atomic E-state index is 11.7. The molecule has 0 saturated heterocycles. The van der Waals surface area contributed by atoms with Crippen molar-refractivity contribution in [3.63, 3.8) is 0 Å². The van der Waals surface area contributed by atoms with Crippen LogP contribution in [0.25, 0.3) is 0 Å². The highest BCUT2D eigenvalue weighted by atomic mass is 16.1. The SMILES string of the molecule is CCCc1ccc(C(C)=O)cc1CCCc1c(C)cc(C)cc1C. The Kier molecular flexibility index (Phi) is 6.36. The minimum atomic E-state index is 0.157. The first kappa shape index (κ1) is 18.4. The van der Waals surface area contributed by atoms with Crippen molar-refractivity contribution in [1.82, 2.24) is 0 Å². The molecule has 2 rings (SSSR count). The molecule has 2 aromatic carbocycles. The van der Waals surface area contributed by atoms with E-state index in [1.165, 1.54) is 33.4 Å². The molecule has 0 radical (unpaired) electrons. The lowest BCUT2D eigenvalue weighted by molar-refractivity contribution is 0.101. The summed E-state index contributed by atoms with van der Waals surface area (Å²) in [6, 6.07) is 10.8. The van der Waals surface area contributed by atoms with Crippen molar-refractivity contribution in [1.29, 1.82) is 0 Å². The second kappa shape index (κ2) is 8.28. The average Bonchev–Trinajstić information content (AvgIpc) is 2.51. The largest absolute Gasteiger partial charge is 0.295 e. The van der Waals surface area contributed by atoms with Gasteiger partial charge in [0.05, 0.1) is 0 Å². The van der Waals surface area contributed by atoms with Crippen molar-refractivity contribution < 1.29 is 4.79 Å². The van der Waals surface area contributed by atoms with E-state index in [2.05, 4.69) is 52.0 Å². The lowest BCUT2D eigenvalue weighted by Gasteiger charge is -2.13. The molecule has 0 aromatic heterocycles. The van der Waals surface area contributed by atoms with Gasteiger partial charge in [-0.2, -0.15) is 0 Å². The molecule has 128 valence electrons. The van der Waals surface area contributed by atoms with Crippen molar-refractivity contribution >= 4 is 5.78 Å². The van der Waals surface area contributed by atoms with Crippen LogP contribution in [-0.4, -0.2) is 5.78 Å². The Labute approximate surface area is 147 Å². The summed E-state index contributed by atoms with van der Waals surface area (Å²) < 4.78 is 0. The van der Waals surface area contributed by atoms with Gasteiger partial charge in [0.1, 0.15) is 0 Å². The molecule has 2 aromatic rings. The van der Waals surface area contributed by atoms with Gasteiger partial charge in [-0.3, -0.25) is 4.79 Å². The van der Waals surface area contributed by atoms with E-state index in [1.807, 2.05) is 6.07 Å². The highest BCUT2D eigenvalue weighted by Gasteiger charge is 2.08. The van der Waals surface area contributed by atoms with E-state index in [4.69, 9.17) is 0 Å². The Morgan fingerprint density at radius 3 is 2.12 bits per heavy atom. The summed E-state index contributed by atoms with van der Waals surface area (Å²) in [6.07, 6.45) is 5.51. The molecule has 0 spiro atoms. The molecule has 0 atom stereocenters. The maximum absolute atomic E-state index is 11.7. The molecule has 0 bridgehead atoms. The molecule has 0 fully saturated rings. The van der Waals surface area contributed by atoms with E-state index < -0.39 is 0 Å². The van der Waals surface area contributed by atoms with Crippen LogP contribution >= 0.6 is 0 Å².